The highest BCUT2D eigenvalue weighted by atomic mass is 32.2. The van der Waals surface area contributed by atoms with Crippen LogP contribution in [0, 0.1) is 18.3 Å². The van der Waals surface area contributed by atoms with Crippen LogP contribution in [0.15, 0.2) is 77.7 Å². The van der Waals surface area contributed by atoms with Gasteiger partial charge in [-0.05, 0) is 54.4 Å². The number of nitriles is 1. The van der Waals surface area contributed by atoms with Gasteiger partial charge in [-0.2, -0.15) is 13.7 Å². The summed E-state index contributed by atoms with van der Waals surface area (Å²) in [6.07, 6.45) is 0.665. The molecule has 0 atom stereocenters. The normalized spacial score (nSPS) is 10.9. The van der Waals surface area contributed by atoms with Crippen molar-refractivity contribution in [1.82, 2.24) is 0 Å². The van der Waals surface area contributed by atoms with Gasteiger partial charge < -0.3 is 8.92 Å². The molecule has 0 spiro atoms. The third-order valence-corrected chi connectivity index (χ3v) is 5.28. The number of ether oxygens (including phenoxy) is 1. The molecule has 6 heteroatoms. The van der Waals surface area contributed by atoms with Gasteiger partial charge in [-0.1, -0.05) is 30.3 Å². The van der Waals surface area contributed by atoms with Crippen molar-refractivity contribution in [2.75, 3.05) is 6.61 Å². The van der Waals surface area contributed by atoms with Gasteiger partial charge in [-0.15, -0.1) is 0 Å². The Kier molecular flexibility index (Phi) is 5.97. The first-order valence-electron chi connectivity index (χ1n) is 8.69. The first-order chi connectivity index (χ1) is 13.5. The molecule has 3 rings (SSSR count). The molecular weight excluding hydrogens is 374 g/mol. The van der Waals surface area contributed by atoms with E-state index < -0.39 is 10.1 Å². The van der Waals surface area contributed by atoms with E-state index >= 15 is 0 Å². The van der Waals surface area contributed by atoms with Crippen LogP contribution in [0.1, 0.15) is 16.7 Å². The first kappa shape index (κ1) is 19.5. The molecule has 0 N–H and O–H groups in total. The second-order valence-corrected chi connectivity index (χ2v) is 7.78. The maximum absolute atomic E-state index is 12.4. The minimum absolute atomic E-state index is 0.111. The summed E-state index contributed by atoms with van der Waals surface area (Å²) in [5.41, 5.74) is 2.50. The third kappa shape index (κ3) is 5.12. The molecule has 0 aromatic heterocycles. The summed E-state index contributed by atoms with van der Waals surface area (Å²) in [6.45, 7) is 2.24. The minimum Gasteiger partial charge on any atom is -0.493 e. The Morgan fingerprint density at radius 1 is 0.929 bits per heavy atom. The van der Waals surface area contributed by atoms with E-state index in [-0.39, 0.29) is 10.6 Å². The Hall–Kier alpha value is -3.30. The summed E-state index contributed by atoms with van der Waals surface area (Å²) in [7, 11) is -3.90. The molecule has 3 aromatic rings. The summed E-state index contributed by atoms with van der Waals surface area (Å²) in [4.78, 5) is 0.111. The zero-order valence-corrected chi connectivity index (χ0v) is 16.1. The van der Waals surface area contributed by atoms with Crippen LogP contribution in [0.3, 0.4) is 0 Å². The molecule has 142 valence electrons. The number of hydrogen-bond acceptors (Lipinski definition) is 5. The fraction of sp³-hybridized carbons (Fsp3) is 0.136. The largest absolute Gasteiger partial charge is 0.493 e. The highest BCUT2D eigenvalue weighted by molar-refractivity contribution is 7.87. The van der Waals surface area contributed by atoms with E-state index in [1.54, 1.807) is 48.5 Å². The molecule has 0 fully saturated rings. The molecule has 5 nitrogen and oxygen atoms in total. The van der Waals surface area contributed by atoms with Crippen molar-refractivity contribution < 1.29 is 17.3 Å². The molecular formula is C22H19NO4S. The molecule has 0 amide bonds. The number of rotatable bonds is 7. The topological polar surface area (TPSA) is 76.4 Å². The summed E-state index contributed by atoms with van der Waals surface area (Å²) in [5, 5.41) is 8.82. The highest BCUT2D eigenvalue weighted by Crippen LogP contribution is 2.24. The van der Waals surface area contributed by atoms with Gasteiger partial charge in [-0.25, -0.2) is 0 Å². The van der Waals surface area contributed by atoms with Gasteiger partial charge in [0.05, 0.1) is 18.2 Å². The molecule has 3 aromatic carbocycles. The highest BCUT2D eigenvalue weighted by Gasteiger charge is 2.17. The summed E-state index contributed by atoms with van der Waals surface area (Å²) < 4.78 is 35.8. The average molecular weight is 393 g/mol. The molecule has 0 saturated carbocycles. The summed E-state index contributed by atoms with van der Waals surface area (Å²) >= 11 is 0. The fourth-order valence-corrected chi connectivity index (χ4v) is 3.62. The second-order valence-electron chi connectivity index (χ2n) is 6.24. The summed E-state index contributed by atoms with van der Waals surface area (Å²) in [6, 6.07) is 22.5. The molecule has 28 heavy (non-hydrogen) atoms. The third-order valence-electron chi connectivity index (χ3n) is 4.03. The SMILES string of the molecule is Cc1cccc(S(=O)(=O)Oc2cccc(OCCc3ccc(C#N)cc3)c2)c1. The molecule has 0 aliphatic heterocycles. The van der Waals surface area contributed by atoms with Gasteiger partial charge in [0.25, 0.3) is 0 Å². The fourth-order valence-electron chi connectivity index (χ4n) is 2.59. The van der Waals surface area contributed by atoms with Crippen molar-refractivity contribution in [3.05, 3.63) is 89.5 Å². The average Bonchev–Trinajstić information content (AvgIpc) is 2.68. The Morgan fingerprint density at radius 3 is 2.36 bits per heavy atom. The monoisotopic (exact) mass is 393 g/mol. The number of benzene rings is 3. The van der Waals surface area contributed by atoms with E-state index in [0.717, 1.165) is 11.1 Å². The van der Waals surface area contributed by atoms with Crippen LogP contribution >= 0.6 is 0 Å². The van der Waals surface area contributed by atoms with Gasteiger partial charge in [0.15, 0.2) is 0 Å². The molecule has 0 saturated heterocycles. The molecule has 0 radical (unpaired) electrons. The van der Waals surface area contributed by atoms with Crippen LogP contribution in [0.5, 0.6) is 11.5 Å². The zero-order chi connectivity index (χ0) is 20.0. The van der Waals surface area contributed by atoms with E-state index in [2.05, 4.69) is 6.07 Å². The molecule has 0 aliphatic carbocycles. The van der Waals surface area contributed by atoms with E-state index in [1.165, 1.54) is 6.07 Å². The standard InChI is InChI=1S/C22H19NO4S/c1-17-4-2-7-22(14-17)28(24,25)27-21-6-3-5-20(15-21)26-13-12-18-8-10-19(16-23)11-9-18/h2-11,14-15H,12-13H2,1H3. The van der Waals surface area contributed by atoms with Crippen molar-refractivity contribution in [2.45, 2.75) is 18.2 Å². The predicted octanol–water partition coefficient (Wildman–Crippen LogP) is 4.26. The number of nitrogens with zero attached hydrogens (tertiary/aromatic N) is 1. The lowest BCUT2D eigenvalue weighted by molar-refractivity contribution is 0.321. The van der Waals surface area contributed by atoms with Crippen LogP contribution in [0.4, 0.5) is 0 Å². The minimum atomic E-state index is -3.90. The van der Waals surface area contributed by atoms with Crippen molar-refractivity contribution in [1.29, 1.82) is 5.26 Å². The number of aryl methyl sites for hydroxylation is 1. The van der Waals surface area contributed by atoms with Gasteiger partial charge in [-0.3, -0.25) is 0 Å². The number of hydrogen-bond donors (Lipinski definition) is 0. The Balaban J connectivity index is 1.62. The van der Waals surface area contributed by atoms with E-state index in [4.69, 9.17) is 14.2 Å². The van der Waals surface area contributed by atoms with Gasteiger partial charge in [0, 0.05) is 12.5 Å². The first-order valence-corrected chi connectivity index (χ1v) is 10.1. The van der Waals surface area contributed by atoms with Crippen molar-refractivity contribution in [2.24, 2.45) is 0 Å². The van der Waals surface area contributed by atoms with E-state index in [9.17, 15) is 8.42 Å². The maximum Gasteiger partial charge on any atom is 0.339 e. The van der Waals surface area contributed by atoms with Crippen molar-refractivity contribution >= 4 is 10.1 Å². The van der Waals surface area contributed by atoms with Crippen LogP contribution in [0.25, 0.3) is 0 Å². The van der Waals surface area contributed by atoms with Gasteiger partial charge >= 0.3 is 10.1 Å². The Morgan fingerprint density at radius 2 is 1.64 bits per heavy atom. The lowest BCUT2D eigenvalue weighted by Crippen LogP contribution is -2.10. The van der Waals surface area contributed by atoms with Crippen LogP contribution < -0.4 is 8.92 Å². The predicted molar refractivity (Wildman–Crippen MR) is 106 cm³/mol. The lowest BCUT2D eigenvalue weighted by atomic mass is 10.1. The van der Waals surface area contributed by atoms with Crippen LogP contribution in [-0.4, -0.2) is 15.0 Å². The van der Waals surface area contributed by atoms with Crippen molar-refractivity contribution in [3.8, 4) is 17.6 Å². The smallest absolute Gasteiger partial charge is 0.339 e. The quantitative estimate of drug-likeness (QED) is 0.561. The van der Waals surface area contributed by atoms with E-state index in [0.29, 0.717) is 24.3 Å². The van der Waals surface area contributed by atoms with Crippen LogP contribution in [-0.2, 0) is 16.5 Å². The summed E-state index contributed by atoms with van der Waals surface area (Å²) in [5.74, 6) is 0.711. The zero-order valence-electron chi connectivity index (χ0n) is 15.3. The van der Waals surface area contributed by atoms with Gasteiger partial charge in [0.2, 0.25) is 0 Å². The second kappa shape index (κ2) is 8.59. The molecule has 0 heterocycles. The molecule has 0 bridgehead atoms. The Bertz CT molecular complexity index is 1100. The van der Waals surface area contributed by atoms with Crippen molar-refractivity contribution in [3.63, 3.8) is 0 Å². The van der Waals surface area contributed by atoms with Crippen LogP contribution in [0.2, 0.25) is 0 Å². The van der Waals surface area contributed by atoms with Gasteiger partial charge in [0.1, 0.15) is 16.4 Å². The lowest BCUT2D eigenvalue weighted by Gasteiger charge is -2.10. The molecule has 0 aliphatic rings. The molecule has 0 unspecified atom stereocenters. The van der Waals surface area contributed by atoms with E-state index in [1.807, 2.05) is 25.1 Å². The Labute approximate surface area is 164 Å². The maximum atomic E-state index is 12.4.